The lowest BCUT2D eigenvalue weighted by molar-refractivity contribution is -0.137. The third-order valence-electron chi connectivity index (χ3n) is 4.57. The Balaban J connectivity index is 1.47. The van der Waals surface area contributed by atoms with Crippen LogP contribution in [0.1, 0.15) is 30.7 Å². The molecule has 1 aliphatic carbocycles. The van der Waals surface area contributed by atoms with Crippen LogP contribution >= 0.6 is 0 Å². The molecule has 0 spiro atoms. The summed E-state index contributed by atoms with van der Waals surface area (Å²) in [6, 6.07) is 2.19. The Kier molecular flexibility index (Phi) is 4.26. The molecule has 2 N–H and O–H groups in total. The van der Waals surface area contributed by atoms with E-state index in [1.807, 2.05) is 17.9 Å². The van der Waals surface area contributed by atoms with E-state index >= 15 is 0 Å². The normalized spacial score (nSPS) is 27.2. The molecular weight excluding hydrogens is 268 g/mol. The molecule has 6 nitrogen and oxygen atoms in total. The van der Waals surface area contributed by atoms with E-state index in [1.54, 1.807) is 0 Å². The van der Waals surface area contributed by atoms with Crippen LogP contribution in [0.3, 0.4) is 0 Å². The van der Waals surface area contributed by atoms with Gasteiger partial charge in [0.2, 0.25) is 5.91 Å². The van der Waals surface area contributed by atoms with Crippen molar-refractivity contribution >= 4 is 5.91 Å². The van der Waals surface area contributed by atoms with Gasteiger partial charge in [-0.2, -0.15) is 0 Å². The maximum absolute atomic E-state index is 12.4. The van der Waals surface area contributed by atoms with Crippen molar-refractivity contribution in [3.63, 3.8) is 0 Å². The first kappa shape index (κ1) is 14.5. The molecule has 116 valence electrons. The minimum atomic E-state index is 0.157. The number of rotatable bonds is 3. The average Bonchev–Trinajstić information content (AvgIpc) is 3.08. The zero-order valence-electron chi connectivity index (χ0n) is 12.6. The van der Waals surface area contributed by atoms with Crippen LogP contribution in [-0.2, 0) is 11.3 Å². The van der Waals surface area contributed by atoms with E-state index < -0.39 is 0 Å². The monoisotopic (exact) mass is 292 g/mol. The van der Waals surface area contributed by atoms with E-state index in [4.69, 9.17) is 10.3 Å². The lowest BCUT2D eigenvalue weighted by Gasteiger charge is -2.35. The summed E-state index contributed by atoms with van der Waals surface area (Å²) in [6.07, 6.45) is 2.80. The van der Waals surface area contributed by atoms with Gasteiger partial charge >= 0.3 is 0 Å². The van der Waals surface area contributed by atoms with Crippen LogP contribution in [0.15, 0.2) is 10.6 Å². The highest BCUT2D eigenvalue weighted by Gasteiger charge is 2.32. The number of hydrogen-bond donors (Lipinski definition) is 1. The molecule has 0 aromatic carbocycles. The van der Waals surface area contributed by atoms with Gasteiger partial charge < -0.3 is 15.2 Å². The molecule has 1 amide bonds. The van der Waals surface area contributed by atoms with Gasteiger partial charge in [-0.3, -0.25) is 9.69 Å². The second-order valence-corrected chi connectivity index (χ2v) is 6.30. The SMILES string of the molecule is Cc1cc(CN2CCN(C(=O)[C@@H]3CC[C@@H](N)C3)CC2)no1. The van der Waals surface area contributed by atoms with E-state index in [2.05, 4.69) is 10.1 Å². The zero-order chi connectivity index (χ0) is 14.8. The lowest BCUT2D eigenvalue weighted by Crippen LogP contribution is -2.49. The molecule has 2 fully saturated rings. The summed E-state index contributed by atoms with van der Waals surface area (Å²) in [5.74, 6) is 1.31. The van der Waals surface area contributed by atoms with Crippen LogP contribution in [0.2, 0.25) is 0 Å². The second-order valence-electron chi connectivity index (χ2n) is 6.30. The maximum Gasteiger partial charge on any atom is 0.225 e. The topological polar surface area (TPSA) is 75.6 Å². The predicted octanol–water partition coefficient (Wildman–Crippen LogP) is 0.755. The summed E-state index contributed by atoms with van der Waals surface area (Å²) in [5, 5.41) is 4.02. The van der Waals surface area contributed by atoms with Gasteiger partial charge in [0.25, 0.3) is 0 Å². The van der Waals surface area contributed by atoms with E-state index in [-0.39, 0.29) is 12.0 Å². The number of nitrogens with zero attached hydrogens (tertiary/aromatic N) is 3. The maximum atomic E-state index is 12.4. The summed E-state index contributed by atoms with van der Waals surface area (Å²) in [7, 11) is 0. The van der Waals surface area contributed by atoms with E-state index in [0.717, 1.165) is 63.4 Å². The van der Waals surface area contributed by atoms with Gasteiger partial charge in [-0.15, -0.1) is 0 Å². The Morgan fingerprint density at radius 2 is 2.14 bits per heavy atom. The summed E-state index contributed by atoms with van der Waals surface area (Å²) in [6.45, 7) is 6.11. The zero-order valence-corrected chi connectivity index (χ0v) is 12.6. The van der Waals surface area contributed by atoms with Gasteiger partial charge in [0.15, 0.2) is 0 Å². The number of carbonyl (C=O) groups is 1. The smallest absolute Gasteiger partial charge is 0.225 e. The molecule has 0 bridgehead atoms. The third kappa shape index (κ3) is 3.44. The molecule has 1 saturated heterocycles. The number of hydrogen-bond acceptors (Lipinski definition) is 5. The molecule has 1 aromatic heterocycles. The number of aryl methyl sites for hydroxylation is 1. The largest absolute Gasteiger partial charge is 0.361 e. The molecule has 3 rings (SSSR count). The molecule has 2 atom stereocenters. The van der Waals surface area contributed by atoms with Crippen molar-refractivity contribution in [3.8, 4) is 0 Å². The molecule has 21 heavy (non-hydrogen) atoms. The summed E-state index contributed by atoms with van der Waals surface area (Å²) in [5.41, 5.74) is 6.87. The van der Waals surface area contributed by atoms with E-state index in [1.165, 1.54) is 0 Å². The third-order valence-corrected chi connectivity index (χ3v) is 4.57. The molecule has 0 unspecified atom stereocenters. The number of piperazine rings is 1. The van der Waals surface area contributed by atoms with Crippen LogP contribution in [0.25, 0.3) is 0 Å². The van der Waals surface area contributed by atoms with Crippen molar-refractivity contribution in [2.45, 2.75) is 38.8 Å². The van der Waals surface area contributed by atoms with Crippen molar-refractivity contribution in [2.75, 3.05) is 26.2 Å². The van der Waals surface area contributed by atoms with Gasteiger partial charge in [-0.25, -0.2) is 0 Å². The number of nitrogens with two attached hydrogens (primary N) is 1. The van der Waals surface area contributed by atoms with Crippen molar-refractivity contribution in [1.29, 1.82) is 0 Å². The fourth-order valence-electron chi connectivity index (χ4n) is 3.35. The standard InChI is InChI=1S/C15H24N4O2/c1-11-8-14(17-21-11)10-18-4-6-19(7-5-18)15(20)12-2-3-13(16)9-12/h8,12-13H,2-7,9-10,16H2,1H3/t12-,13-/m1/s1. The molecular formula is C15H24N4O2. The summed E-state index contributed by atoms with van der Waals surface area (Å²) < 4.78 is 5.09. The van der Waals surface area contributed by atoms with Gasteiger partial charge in [0, 0.05) is 50.7 Å². The Morgan fingerprint density at radius 1 is 1.38 bits per heavy atom. The fourth-order valence-corrected chi connectivity index (χ4v) is 3.35. The predicted molar refractivity (Wildman–Crippen MR) is 78.4 cm³/mol. The number of aromatic nitrogens is 1. The molecule has 0 radical (unpaired) electrons. The highest BCUT2D eigenvalue weighted by Crippen LogP contribution is 2.26. The van der Waals surface area contributed by atoms with Crippen molar-refractivity contribution in [2.24, 2.45) is 11.7 Å². The van der Waals surface area contributed by atoms with Gasteiger partial charge in [-0.1, -0.05) is 5.16 Å². The highest BCUT2D eigenvalue weighted by atomic mass is 16.5. The van der Waals surface area contributed by atoms with Crippen LogP contribution in [0, 0.1) is 12.8 Å². The highest BCUT2D eigenvalue weighted by molar-refractivity contribution is 5.79. The molecule has 1 aromatic rings. The molecule has 1 aliphatic heterocycles. The van der Waals surface area contributed by atoms with Gasteiger partial charge in [0.05, 0.1) is 5.69 Å². The molecule has 2 aliphatic rings. The Morgan fingerprint density at radius 3 is 2.71 bits per heavy atom. The van der Waals surface area contributed by atoms with Crippen LogP contribution in [0.4, 0.5) is 0 Å². The van der Waals surface area contributed by atoms with Crippen LogP contribution < -0.4 is 5.73 Å². The fraction of sp³-hybridized carbons (Fsp3) is 0.733. The van der Waals surface area contributed by atoms with Crippen molar-refractivity contribution in [3.05, 3.63) is 17.5 Å². The molecule has 1 saturated carbocycles. The van der Waals surface area contributed by atoms with Crippen molar-refractivity contribution in [1.82, 2.24) is 15.0 Å². The van der Waals surface area contributed by atoms with Crippen molar-refractivity contribution < 1.29 is 9.32 Å². The Hall–Kier alpha value is -1.40. The Bertz CT molecular complexity index is 494. The van der Waals surface area contributed by atoms with Crippen LogP contribution in [0.5, 0.6) is 0 Å². The summed E-state index contributed by atoms with van der Waals surface area (Å²) >= 11 is 0. The minimum absolute atomic E-state index is 0.157. The molecule has 6 heteroatoms. The Labute approximate surface area is 125 Å². The van der Waals surface area contributed by atoms with E-state index in [9.17, 15) is 4.79 Å². The van der Waals surface area contributed by atoms with E-state index in [0.29, 0.717) is 5.91 Å². The first-order valence-corrected chi connectivity index (χ1v) is 7.81. The minimum Gasteiger partial charge on any atom is -0.361 e. The quantitative estimate of drug-likeness (QED) is 0.890. The summed E-state index contributed by atoms with van der Waals surface area (Å²) in [4.78, 5) is 16.8. The van der Waals surface area contributed by atoms with Gasteiger partial charge in [0.1, 0.15) is 5.76 Å². The van der Waals surface area contributed by atoms with Crippen LogP contribution in [-0.4, -0.2) is 53.1 Å². The van der Waals surface area contributed by atoms with Gasteiger partial charge in [-0.05, 0) is 26.2 Å². The first-order valence-electron chi connectivity index (χ1n) is 7.81. The number of carbonyl (C=O) groups excluding carboxylic acids is 1. The lowest BCUT2D eigenvalue weighted by atomic mass is 10.1. The number of amides is 1. The second kappa shape index (κ2) is 6.15. The molecule has 2 heterocycles. The first-order chi connectivity index (χ1) is 10.1. The average molecular weight is 292 g/mol.